The van der Waals surface area contributed by atoms with Gasteiger partial charge in [0.1, 0.15) is 0 Å². The van der Waals surface area contributed by atoms with Gasteiger partial charge in [-0.15, -0.1) is 0 Å². The van der Waals surface area contributed by atoms with Crippen molar-refractivity contribution in [1.29, 1.82) is 0 Å². The smallest absolute Gasteiger partial charge is 0.305 e. The van der Waals surface area contributed by atoms with Crippen LogP contribution in [-0.4, -0.2) is 55.8 Å². The summed E-state index contributed by atoms with van der Waals surface area (Å²) in [5.41, 5.74) is 0. The van der Waals surface area contributed by atoms with Crippen LogP contribution >= 0.6 is 12.2 Å². The van der Waals surface area contributed by atoms with Crippen molar-refractivity contribution in [1.82, 2.24) is 15.5 Å². The Kier molecular flexibility index (Phi) is 28.0. The molecule has 0 aromatic carbocycles. The first-order chi connectivity index (χ1) is 17.6. The molecule has 2 N–H and O–H groups in total. The zero-order valence-corrected chi connectivity index (χ0v) is 25.2. The molecule has 5 nitrogen and oxygen atoms in total. The predicted octanol–water partition coefficient (Wildman–Crippen LogP) is 7.77. The Morgan fingerprint density at radius 1 is 0.667 bits per heavy atom. The summed E-state index contributed by atoms with van der Waals surface area (Å²) in [7, 11) is 1.86. The molecule has 0 aromatic heterocycles. The van der Waals surface area contributed by atoms with E-state index in [-0.39, 0.29) is 5.97 Å². The Balaban J connectivity index is 3.80. The monoisotopic (exact) mass is 527 g/mol. The maximum Gasteiger partial charge on any atom is 0.305 e. The number of nitrogens with one attached hydrogen (secondary N) is 2. The average Bonchev–Trinajstić information content (AvgIpc) is 2.88. The number of hydrogen-bond acceptors (Lipinski definition) is 4. The number of carbonyl (C=O) groups is 1. The molecule has 0 saturated heterocycles. The quantitative estimate of drug-likeness (QED) is 0.0646. The van der Waals surface area contributed by atoms with Gasteiger partial charge in [0, 0.05) is 20.0 Å². The molecular weight excluding hydrogens is 466 g/mol. The molecular formula is C30H61N3O2S. The number of nitrogens with zero attached hydrogens (tertiary/aromatic N) is 1. The second-order valence-electron chi connectivity index (χ2n) is 10.3. The van der Waals surface area contributed by atoms with Crippen molar-refractivity contribution in [2.45, 2.75) is 142 Å². The number of rotatable bonds is 27. The largest absolute Gasteiger partial charge is 0.466 e. The van der Waals surface area contributed by atoms with E-state index in [0.717, 1.165) is 43.9 Å². The molecule has 0 radical (unpaired) electrons. The van der Waals surface area contributed by atoms with Crippen LogP contribution in [0.1, 0.15) is 142 Å². The summed E-state index contributed by atoms with van der Waals surface area (Å²) in [6.45, 7) is 9.60. The molecule has 0 aromatic rings. The fourth-order valence-electron chi connectivity index (χ4n) is 4.50. The highest BCUT2D eigenvalue weighted by Gasteiger charge is 2.06. The summed E-state index contributed by atoms with van der Waals surface area (Å²) in [6, 6.07) is 0. The first kappa shape index (κ1) is 35.1. The van der Waals surface area contributed by atoms with Crippen molar-refractivity contribution in [2.24, 2.45) is 0 Å². The lowest BCUT2D eigenvalue weighted by atomic mass is 10.1. The van der Waals surface area contributed by atoms with E-state index < -0.39 is 0 Å². The first-order valence-corrected chi connectivity index (χ1v) is 15.9. The van der Waals surface area contributed by atoms with Crippen LogP contribution in [0.25, 0.3) is 0 Å². The van der Waals surface area contributed by atoms with Crippen molar-refractivity contribution in [3.8, 4) is 0 Å². The van der Waals surface area contributed by atoms with Gasteiger partial charge in [-0.2, -0.15) is 0 Å². The van der Waals surface area contributed by atoms with Crippen molar-refractivity contribution >= 4 is 23.3 Å². The molecule has 0 amide bonds. The van der Waals surface area contributed by atoms with Gasteiger partial charge < -0.3 is 20.3 Å². The number of esters is 1. The van der Waals surface area contributed by atoms with E-state index >= 15 is 0 Å². The van der Waals surface area contributed by atoms with Crippen LogP contribution in [0.5, 0.6) is 0 Å². The zero-order valence-electron chi connectivity index (χ0n) is 24.3. The van der Waals surface area contributed by atoms with Gasteiger partial charge >= 0.3 is 5.97 Å². The molecule has 0 rings (SSSR count). The van der Waals surface area contributed by atoms with Crippen LogP contribution in [0, 0.1) is 0 Å². The van der Waals surface area contributed by atoms with Gasteiger partial charge in [0.15, 0.2) is 5.11 Å². The Morgan fingerprint density at radius 3 is 1.69 bits per heavy atom. The summed E-state index contributed by atoms with van der Waals surface area (Å²) >= 11 is 5.17. The third-order valence-corrected chi connectivity index (χ3v) is 7.21. The van der Waals surface area contributed by atoms with E-state index in [4.69, 9.17) is 17.0 Å². The maximum absolute atomic E-state index is 11.9. The lowest BCUT2D eigenvalue weighted by Crippen LogP contribution is -2.35. The molecule has 0 fully saturated rings. The molecule has 0 unspecified atom stereocenters. The van der Waals surface area contributed by atoms with E-state index in [1.807, 2.05) is 7.05 Å². The molecule has 0 aliphatic rings. The van der Waals surface area contributed by atoms with Gasteiger partial charge in [0.2, 0.25) is 0 Å². The predicted molar refractivity (Wildman–Crippen MR) is 161 cm³/mol. The Hall–Kier alpha value is -0.880. The summed E-state index contributed by atoms with van der Waals surface area (Å²) in [5.74, 6) is -0.00235. The summed E-state index contributed by atoms with van der Waals surface area (Å²) in [6.07, 6.45) is 24.4. The number of ether oxygens (including phenoxy) is 1. The maximum atomic E-state index is 11.9. The fourth-order valence-corrected chi connectivity index (χ4v) is 4.60. The number of hydrogen-bond donors (Lipinski definition) is 2. The third-order valence-electron chi connectivity index (χ3n) is 6.86. The molecule has 0 heterocycles. The van der Waals surface area contributed by atoms with E-state index in [0.29, 0.717) is 13.0 Å². The van der Waals surface area contributed by atoms with Gasteiger partial charge in [-0.1, -0.05) is 104 Å². The van der Waals surface area contributed by atoms with Crippen LogP contribution in [0.4, 0.5) is 0 Å². The van der Waals surface area contributed by atoms with Crippen molar-refractivity contribution in [3.63, 3.8) is 0 Å². The Morgan fingerprint density at radius 2 is 1.14 bits per heavy atom. The first-order valence-electron chi connectivity index (χ1n) is 15.5. The van der Waals surface area contributed by atoms with Crippen LogP contribution in [0.15, 0.2) is 0 Å². The van der Waals surface area contributed by atoms with Gasteiger partial charge in [-0.05, 0) is 64.0 Å². The van der Waals surface area contributed by atoms with Gasteiger partial charge in [-0.3, -0.25) is 4.79 Å². The normalized spacial score (nSPS) is 11.1. The SMILES string of the molecule is CCCCCCCCCOC(=O)CCCCCCCN(CCCCCCCC)CCCNC(=S)NC. The Labute approximate surface area is 230 Å². The molecule has 0 aliphatic carbocycles. The molecule has 0 saturated carbocycles. The second-order valence-corrected chi connectivity index (χ2v) is 10.7. The van der Waals surface area contributed by atoms with Crippen LogP contribution < -0.4 is 10.6 Å². The highest BCUT2D eigenvalue weighted by Crippen LogP contribution is 2.11. The third kappa shape index (κ3) is 26.2. The van der Waals surface area contributed by atoms with Crippen molar-refractivity contribution < 1.29 is 9.53 Å². The minimum absolute atomic E-state index is 0.00235. The average molecular weight is 528 g/mol. The van der Waals surface area contributed by atoms with Gasteiger partial charge in [-0.25, -0.2) is 0 Å². The van der Waals surface area contributed by atoms with E-state index in [1.54, 1.807) is 0 Å². The molecule has 0 spiro atoms. The van der Waals surface area contributed by atoms with Gasteiger partial charge in [0.25, 0.3) is 0 Å². The van der Waals surface area contributed by atoms with E-state index in [1.165, 1.54) is 109 Å². The second kappa shape index (κ2) is 28.7. The zero-order chi connectivity index (χ0) is 26.5. The standard InChI is InChI=1S/C30H61N3O2S/c1-4-6-8-10-12-17-21-28-35-29(34)23-18-14-13-16-20-26-33(25-19-15-11-9-7-5-2)27-22-24-32-30(36)31-3/h4-28H2,1-3H3,(H2,31,32,36). The number of thiocarbonyl (C=S) groups is 1. The molecule has 0 atom stereocenters. The lowest BCUT2D eigenvalue weighted by molar-refractivity contribution is -0.143. The minimum Gasteiger partial charge on any atom is -0.466 e. The molecule has 0 bridgehead atoms. The molecule has 36 heavy (non-hydrogen) atoms. The summed E-state index contributed by atoms with van der Waals surface area (Å²) in [5, 5.41) is 6.97. The molecule has 214 valence electrons. The van der Waals surface area contributed by atoms with Crippen molar-refractivity contribution in [3.05, 3.63) is 0 Å². The summed E-state index contributed by atoms with van der Waals surface area (Å²) in [4.78, 5) is 14.6. The van der Waals surface area contributed by atoms with Crippen LogP contribution in [0.2, 0.25) is 0 Å². The summed E-state index contributed by atoms with van der Waals surface area (Å²) < 4.78 is 5.40. The Bertz CT molecular complexity index is 491. The molecule has 6 heteroatoms. The highest BCUT2D eigenvalue weighted by atomic mass is 32.1. The van der Waals surface area contributed by atoms with Crippen LogP contribution in [-0.2, 0) is 9.53 Å². The van der Waals surface area contributed by atoms with Crippen molar-refractivity contribution in [2.75, 3.05) is 39.8 Å². The fraction of sp³-hybridized carbons (Fsp3) is 0.933. The highest BCUT2D eigenvalue weighted by molar-refractivity contribution is 7.80. The number of unbranched alkanes of at least 4 members (excludes halogenated alkanes) is 15. The minimum atomic E-state index is -0.00235. The molecule has 0 aliphatic heterocycles. The van der Waals surface area contributed by atoms with Gasteiger partial charge in [0.05, 0.1) is 6.61 Å². The lowest BCUT2D eigenvalue weighted by Gasteiger charge is -2.22. The van der Waals surface area contributed by atoms with E-state index in [9.17, 15) is 4.79 Å². The van der Waals surface area contributed by atoms with E-state index in [2.05, 4.69) is 29.4 Å². The van der Waals surface area contributed by atoms with Crippen LogP contribution in [0.3, 0.4) is 0 Å². The topological polar surface area (TPSA) is 53.6 Å². The number of carbonyl (C=O) groups excluding carboxylic acids is 1.